The van der Waals surface area contributed by atoms with Gasteiger partial charge in [-0.2, -0.15) is 0 Å². The highest BCUT2D eigenvalue weighted by molar-refractivity contribution is 5.92. The third kappa shape index (κ3) is 4.20. The second-order valence-electron chi connectivity index (χ2n) is 5.22. The molecule has 134 valence electrons. The number of benzene rings is 1. The van der Waals surface area contributed by atoms with E-state index in [9.17, 15) is 25.2 Å². The number of esters is 1. The zero-order chi connectivity index (χ0) is 17.7. The maximum Gasteiger partial charge on any atom is 0.341 e. The number of ether oxygens (including phenoxy) is 3. The van der Waals surface area contributed by atoms with Crippen molar-refractivity contribution in [2.45, 2.75) is 30.7 Å². The Morgan fingerprint density at radius 1 is 1.08 bits per heavy atom. The van der Waals surface area contributed by atoms with Gasteiger partial charge < -0.3 is 39.7 Å². The van der Waals surface area contributed by atoms with E-state index in [1.165, 1.54) is 12.1 Å². The minimum atomic E-state index is -1.54. The molecule has 0 aliphatic carbocycles. The van der Waals surface area contributed by atoms with Crippen LogP contribution >= 0.6 is 0 Å². The molecule has 1 aliphatic heterocycles. The van der Waals surface area contributed by atoms with Gasteiger partial charge in [-0.1, -0.05) is 12.1 Å². The Morgan fingerprint density at radius 2 is 1.79 bits per heavy atom. The van der Waals surface area contributed by atoms with E-state index in [1.54, 1.807) is 12.1 Å². The lowest BCUT2D eigenvalue weighted by Gasteiger charge is -2.39. The van der Waals surface area contributed by atoms with Gasteiger partial charge >= 0.3 is 5.97 Å². The van der Waals surface area contributed by atoms with Crippen LogP contribution < -0.4 is 0 Å². The monoisotopic (exact) mass is 344 g/mol. The van der Waals surface area contributed by atoms with Crippen molar-refractivity contribution in [3.8, 4) is 5.75 Å². The Bertz CT molecular complexity index is 548. The molecular formula is C15H20O9. The van der Waals surface area contributed by atoms with Gasteiger partial charge in [0.1, 0.15) is 42.3 Å². The summed E-state index contributed by atoms with van der Waals surface area (Å²) in [6.45, 7) is -0.919. The molecule has 5 atom stereocenters. The molecule has 5 N–H and O–H groups in total. The number of phenolic OH excluding ortho intramolecular Hbond substituents is 1. The molecule has 9 nitrogen and oxygen atoms in total. The zero-order valence-electron chi connectivity index (χ0n) is 12.7. The predicted octanol–water partition coefficient (Wildman–Crippen LogP) is -1.63. The average molecular weight is 344 g/mol. The van der Waals surface area contributed by atoms with Crippen molar-refractivity contribution in [3.63, 3.8) is 0 Å². The minimum absolute atomic E-state index is 0.00494. The van der Waals surface area contributed by atoms with Crippen molar-refractivity contribution >= 4 is 5.97 Å². The van der Waals surface area contributed by atoms with Gasteiger partial charge in [-0.25, -0.2) is 4.79 Å². The number of aromatic hydroxyl groups is 1. The van der Waals surface area contributed by atoms with Crippen molar-refractivity contribution in [1.82, 2.24) is 0 Å². The molecule has 1 unspecified atom stereocenters. The normalized spacial score (nSPS) is 30.1. The van der Waals surface area contributed by atoms with Crippen LogP contribution in [0.2, 0.25) is 0 Å². The SMILES string of the molecule is O=C(OCCOC1O[C@H](CO)[C@@H](O)[C@H](O)[C@H]1O)c1ccccc1O. The van der Waals surface area contributed by atoms with Gasteiger partial charge in [0.2, 0.25) is 0 Å². The van der Waals surface area contributed by atoms with Crippen LogP contribution in [-0.4, -0.2) is 82.0 Å². The van der Waals surface area contributed by atoms with E-state index < -0.39 is 43.3 Å². The molecule has 9 heteroatoms. The molecule has 0 aromatic heterocycles. The molecule has 0 spiro atoms. The lowest BCUT2D eigenvalue weighted by atomic mass is 9.99. The van der Waals surface area contributed by atoms with Gasteiger partial charge in [-0.3, -0.25) is 0 Å². The standard InChI is InChI=1S/C15H20O9/c16-7-10-11(18)12(19)13(20)15(24-10)23-6-5-22-14(21)8-3-1-2-4-9(8)17/h1-4,10-13,15-20H,5-7H2/t10-,11-,12+,13-,15?/m1/s1. The van der Waals surface area contributed by atoms with E-state index in [4.69, 9.17) is 19.3 Å². The number of para-hydroxylation sites is 1. The van der Waals surface area contributed by atoms with Crippen LogP contribution in [0.4, 0.5) is 0 Å². The van der Waals surface area contributed by atoms with Crippen molar-refractivity contribution in [2.24, 2.45) is 0 Å². The summed E-state index contributed by atoms with van der Waals surface area (Å²) in [5.74, 6) is -0.956. The molecule has 1 aromatic rings. The van der Waals surface area contributed by atoms with Gasteiger partial charge in [0.15, 0.2) is 6.29 Å². The fourth-order valence-electron chi connectivity index (χ4n) is 2.23. The second kappa shape index (κ2) is 8.38. The molecule has 1 fully saturated rings. The smallest absolute Gasteiger partial charge is 0.341 e. The van der Waals surface area contributed by atoms with E-state index >= 15 is 0 Å². The molecule has 0 amide bonds. The molecule has 24 heavy (non-hydrogen) atoms. The lowest BCUT2D eigenvalue weighted by molar-refractivity contribution is -0.302. The summed E-state index contributed by atoms with van der Waals surface area (Å²) in [6, 6.07) is 5.88. The van der Waals surface area contributed by atoms with E-state index in [2.05, 4.69) is 0 Å². The van der Waals surface area contributed by atoms with Crippen LogP contribution in [-0.2, 0) is 14.2 Å². The highest BCUT2D eigenvalue weighted by Gasteiger charge is 2.43. The molecule has 0 radical (unpaired) electrons. The Labute approximate surface area is 137 Å². The fourth-order valence-corrected chi connectivity index (χ4v) is 2.23. The summed E-state index contributed by atoms with van der Waals surface area (Å²) in [7, 11) is 0. The molecule has 0 bridgehead atoms. The minimum Gasteiger partial charge on any atom is -0.507 e. The molecular weight excluding hydrogens is 324 g/mol. The van der Waals surface area contributed by atoms with Crippen molar-refractivity contribution in [2.75, 3.05) is 19.8 Å². The van der Waals surface area contributed by atoms with Crippen LogP contribution in [0.5, 0.6) is 5.75 Å². The number of rotatable bonds is 6. The molecule has 1 aliphatic rings. The van der Waals surface area contributed by atoms with Gasteiger partial charge in [0.05, 0.1) is 13.2 Å². The van der Waals surface area contributed by atoms with Crippen LogP contribution in [0.25, 0.3) is 0 Å². The lowest BCUT2D eigenvalue weighted by Crippen LogP contribution is -2.59. The van der Waals surface area contributed by atoms with E-state index in [0.29, 0.717) is 0 Å². The third-order valence-corrected chi connectivity index (χ3v) is 3.57. The Morgan fingerprint density at radius 3 is 2.46 bits per heavy atom. The number of hydrogen-bond donors (Lipinski definition) is 5. The van der Waals surface area contributed by atoms with Gasteiger partial charge in [0.25, 0.3) is 0 Å². The highest BCUT2D eigenvalue weighted by Crippen LogP contribution is 2.22. The van der Waals surface area contributed by atoms with Gasteiger partial charge in [-0.05, 0) is 12.1 Å². The van der Waals surface area contributed by atoms with Gasteiger partial charge in [-0.15, -0.1) is 0 Å². The molecule has 1 saturated heterocycles. The fraction of sp³-hybridized carbons (Fsp3) is 0.533. The molecule has 1 heterocycles. The van der Waals surface area contributed by atoms with Crippen LogP contribution in [0.3, 0.4) is 0 Å². The number of carbonyl (C=O) groups is 1. The van der Waals surface area contributed by atoms with Crippen LogP contribution in [0.1, 0.15) is 10.4 Å². The first-order valence-electron chi connectivity index (χ1n) is 7.33. The predicted molar refractivity (Wildman–Crippen MR) is 78.1 cm³/mol. The largest absolute Gasteiger partial charge is 0.507 e. The first kappa shape index (κ1) is 18.6. The van der Waals surface area contributed by atoms with Crippen molar-refractivity contribution in [1.29, 1.82) is 0 Å². The summed E-state index contributed by atoms with van der Waals surface area (Å²) in [4.78, 5) is 11.7. The van der Waals surface area contributed by atoms with Crippen LogP contribution in [0.15, 0.2) is 24.3 Å². The second-order valence-corrected chi connectivity index (χ2v) is 5.22. The Balaban J connectivity index is 1.79. The maximum absolute atomic E-state index is 11.7. The zero-order valence-corrected chi connectivity index (χ0v) is 12.7. The molecule has 0 saturated carbocycles. The highest BCUT2D eigenvalue weighted by atomic mass is 16.7. The maximum atomic E-state index is 11.7. The number of aliphatic hydroxyl groups is 4. The summed E-state index contributed by atoms with van der Waals surface area (Å²) in [5.41, 5.74) is 0.00494. The van der Waals surface area contributed by atoms with Gasteiger partial charge in [0, 0.05) is 0 Å². The number of phenols is 1. The van der Waals surface area contributed by atoms with Crippen LogP contribution in [0, 0.1) is 0 Å². The molecule has 2 rings (SSSR count). The average Bonchev–Trinajstić information content (AvgIpc) is 2.58. The van der Waals surface area contributed by atoms with Crippen molar-refractivity contribution in [3.05, 3.63) is 29.8 Å². The Kier molecular flexibility index (Phi) is 6.49. The number of hydrogen-bond acceptors (Lipinski definition) is 9. The topological polar surface area (TPSA) is 146 Å². The number of carbonyl (C=O) groups excluding carboxylic acids is 1. The first-order valence-corrected chi connectivity index (χ1v) is 7.33. The van der Waals surface area contributed by atoms with E-state index in [0.717, 1.165) is 0 Å². The van der Waals surface area contributed by atoms with E-state index in [1.807, 2.05) is 0 Å². The summed E-state index contributed by atoms with van der Waals surface area (Å²) in [5, 5.41) is 47.6. The summed E-state index contributed by atoms with van der Waals surface area (Å²) >= 11 is 0. The Hall–Kier alpha value is -1.75. The third-order valence-electron chi connectivity index (χ3n) is 3.57. The number of aliphatic hydroxyl groups excluding tert-OH is 4. The quantitative estimate of drug-likeness (QED) is 0.303. The molecule has 1 aromatic carbocycles. The van der Waals surface area contributed by atoms with E-state index in [-0.39, 0.29) is 24.5 Å². The first-order chi connectivity index (χ1) is 11.5. The van der Waals surface area contributed by atoms with Crippen molar-refractivity contribution < 1.29 is 44.5 Å². The summed E-state index contributed by atoms with van der Waals surface area (Å²) in [6.07, 6.45) is -6.88. The summed E-state index contributed by atoms with van der Waals surface area (Å²) < 4.78 is 15.2.